The Morgan fingerprint density at radius 3 is 2.67 bits per heavy atom. The molecule has 1 fully saturated rings. The Kier molecular flexibility index (Phi) is 4.15. The Balaban J connectivity index is 1.56. The molecule has 4 nitrogen and oxygen atoms in total. The quantitative estimate of drug-likeness (QED) is 0.923. The van der Waals surface area contributed by atoms with Crippen LogP contribution >= 0.6 is 0 Å². The van der Waals surface area contributed by atoms with Crippen molar-refractivity contribution in [2.45, 2.75) is 38.8 Å². The molecule has 2 aliphatic heterocycles. The third-order valence-electron chi connectivity index (χ3n) is 4.91. The molecule has 1 amide bonds. The molecule has 0 aliphatic carbocycles. The molecule has 0 bridgehead atoms. The topological polar surface area (TPSA) is 35.6 Å². The second-order valence-electron chi connectivity index (χ2n) is 6.18. The van der Waals surface area contributed by atoms with Crippen LogP contribution in [0.25, 0.3) is 0 Å². The molecule has 1 aromatic carbocycles. The van der Waals surface area contributed by atoms with E-state index in [0.29, 0.717) is 6.04 Å². The third kappa shape index (κ3) is 2.91. The van der Waals surface area contributed by atoms with Gasteiger partial charge in [-0.3, -0.25) is 9.69 Å². The van der Waals surface area contributed by atoms with E-state index < -0.39 is 0 Å². The first-order valence-electron chi connectivity index (χ1n) is 8.06. The van der Waals surface area contributed by atoms with Crippen LogP contribution in [0, 0.1) is 0 Å². The van der Waals surface area contributed by atoms with Crippen LogP contribution in [0.3, 0.4) is 0 Å². The molecule has 0 aromatic heterocycles. The minimum absolute atomic E-state index is 0.0717. The van der Waals surface area contributed by atoms with E-state index in [-0.39, 0.29) is 11.9 Å². The smallest absolute Gasteiger partial charge is 0.245 e. The molecule has 3 rings (SSSR count). The number of hydrogen-bond acceptors (Lipinski definition) is 3. The summed E-state index contributed by atoms with van der Waals surface area (Å²) in [5.74, 6) is 0.259. The van der Waals surface area contributed by atoms with Gasteiger partial charge in [0.1, 0.15) is 6.04 Å². The van der Waals surface area contributed by atoms with Crippen molar-refractivity contribution in [3.05, 3.63) is 29.8 Å². The molecule has 114 valence electrons. The van der Waals surface area contributed by atoms with Crippen LogP contribution in [0.1, 0.15) is 25.8 Å². The molecule has 1 N–H and O–H groups in total. The summed E-state index contributed by atoms with van der Waals surface area (Å²) >= 11 is 0. The number of piperazine rings is 1. The number of rotatable bonds is 3. The molecular weight excluding hydrogens is 262 g/mol. The predicted molar refractivity (Wildman–Crippen MR) is 85.5 cm³/mol. The van der Waals surface area contributed by atoms with Crippen LogP contribution in [0.15, 0.2) is 24.3 Å². The molecule has 2 heterocycles. The summed E-state index contributed by atoms with van der Waals surface area (Å²) in [6, 6.07) is 8.77. The van der Waals surface area contributed by atoms with Crippen LogP contribution < -0.4 is 5.32 Å². The van der Waals surface area contributed by atoms with Crippen molar-refractivity contribution in [3.8, 4) is 0 Å². The van der Waals surface area contributed by atoms with Gasteiger partial charge in [-0.2, -0.15) is 0 Å². The predicted octanol–water partition coefficient (Wildman–Crippen LogP) is 1.97. The maximum absolute atomic E-state index is 12.7. The first-order chi connectivity index (χ1) is 10.2. The van der Waals surface area contributed by atoms with E-state index in [2.05, 4.69) is 36.2 Å². The van der Waals surface area contributed by atoms with Gasteiger partial charge in [0.2, 0.25) is 5.91 Å². The van der Waals surface area contributed by atoms with Crippen molar-refractivity contribution in [2.24, 2.45) is 0 Å². The Hall–Kier alpha value is -1.55. The van der Waals surface area contributed by atoms with Crippen LogP contribution in [0.2, 0.25) is 0 Å². The summed E-state index contributed by atoms with van der Waals surface area (Å²) < 4.78 is 0. The summed E-state index contributed by atoms with van der Waals surface area (Å²) in [7, 11) is 0. The summed E-state index contributed by atoms with van der Waals surface area (Å²) in [5.41, 5.74) is 2.38. The lowest BCUT2D eigenvalue weighted by molar-refractivity contribution is -0.133. The zero-order chi connectivity index (χ0) is 14.8. The molecular formula is C17H25N3O. The van der Waals surface area contributed by atoms with Gasteiger partial charge < -0.3 is 10.2 Å². The number of anilines is 1. The summed E-state index contributed by atoms with van der Waals surface area (Å²) in [6.07, 6.45) is 1.99. The van der Waals surface area contributed by atoms with E-state index in [1.54, 1.807) is 0 Å². The van der Waals surface area contributed by atoms with E-state index in [1.165, 1.54) is 12.0 Å². The number of amides is 1. The van der Waals surface area contributed by atoms with Gasteiger partial charge in [-0.1, -0.05) is 25.1 Å². The maximum atomic E-state index is 12.7. The lowest BCUT2D eigenvalue weighted by Gasteiger charge is -2.38. The molecule has 0 radical (unpaired) electrons. The first kappa shape index (κ1) is 14.4. The summed E-state index contributed by atoms with van der Waals surface area (Å²) in [6.45, 7) is 8.21. The largest absolute Gasteiger partial charge is 0.373 e. The van der Waals surface area contributed by atoms with Crippen molar-refractivity contribution < 1.29 is 4.79 Å². The van der Waals surface area contributed by atoms with Gasteiger partial charge in [-0.25, -0.2) is 0 Å². The van der Waals surface area contributed by atoms with Gasteiger partial charge in [-0.05, 0) is 25.0 Å². The molecule has 2 unspecified atom stereocenters. The average Bonchev–Trinajstić information content (AvgIpc) is 2.97. The molecule has 0 spiro atoms. The highest BCUT2D eigenvalue weighted by atomic mass is 16.2. The van der Waals surface area contributed by atoms with E-state index >= 15 is 0 Å². The number of para-hydroxylation sites is 1. The van der Waals surface area contributed by atoms with Crippen molar-refractivity contribution in [2.75, 3.05) is 31.5 Å². The average molecular weight is 287 g/mol. The molecule has 1 saturated heterocycles. The Morgan fingerprint density at radius 1 is 1.29 bits per heavy atom. The maximum Gasteiger partial charge on any atom is 0.245 e. The van der Waals surface area contributed by atoms with Crippen molar-refractivity contribution in [3.63, 3.8) is 0 Å². The molecule has 0 saturated carbocycles. The molecule has 2 atom stereocenters. The SMILES string of the molecule is CCC(C)N1CCN(C(=O)C2Cc3ccccc3N2)CC1. The Morgan fingerprint density at radius 2 is 2.00 bits per heavy atom. The second-order valence-corrected chi connectivity index (χ2v) is 6.18. The van der Waals surface area contributed by atoms with Gasteiger partial charge >= 0.3 is 0 Å². The standard InChI is InChI=1S/C17H25N3O/c1-3-13(2)19-8-10-20(11-9-19)17(21)16-12-14-6-4-5-7-15(14)18-16/h4-7,13,16,18H,3,8-12H2,1-2H3. The number of hydrogen-bond donors (Lipinski definition) is 1. The fourth-order valence-corrected chi connectivity index (χ4v) is 3.31. The highest BCUT2D eigenvalue weighted by Crippen LogP contribution is 2.26. The van der Waals surface area contributed by atoms with Crippen LogP contribution in [-0.4, -0.2) is 54.0 Å². The number of benzene rings is 1. The van der Waals surface area contributed by atoms with Gasteiger partial charge in [0.15, 0.2) is 0 Å². The van der Waals surface area contributed by atoms with Gasteiger partial charge in [-0.15, -0.1) is 0 Å². The third-order valence-corrected chi connectivity index (χ3v) is 4.91. The molecule has 1 aromatic rings. The molecule has 21 heavy (non-hydrogen) atoms. The van der Waals surface area contributed by atoms with Crippen LogP contribution in [0.5, 0.6) is 0 Å². The molecule has 2 aliphatic rings. The molecule has 4 heteroatoms. The minimum Gasteiger partial charge on any atom is -0.373 e. The first-order valence-corrected chi connectivity index (χ1v) is 8.06. The van der Waals surface area contributed by atoms with Crippen LogP contribution in [0.4, 0.5) is 5.69 Å². The highest BCUT2D eigenvalue weighted by Gasteiger charge is 2.32. The van der Waals surface area contributed by atoms with Crippen molar-refractivity contribution in [1.29, 1.82) is 0 Å². The van der Waals surface area contributed by atoms with E-state index in [9.17, 15) is 4.79 Å². The highest BCUT2D eigenvalue weighted by molar-refractivity contribution is 5.87. The minimum atomic E-state index is -0.0717. The number of nitrogens with zero attached hydrogens (tertiary/aromatic N) is 2. The Labute approximate surface area is 127 Å². The second kappa shape index (κ2) is 6.06. The monoisotopic (exact) mass is 287 g/mol. The normalized spacial score (nSPS) is 23.5. The zero-order valence-electron chi connectivity index (χ0n) is 13.0. The number of nitrogens with one attached hydrogen (secondary N) is 1. The van der Waals surface area contributed by atoms with E-state index in [4.69, 9.17) is 0 Å². The number of carbonyl (C=O) groups excluding carboxylic acids is 1. The summed E-state index contributed by atoms with van der Waals surface area (Å²) in [4.78, 5) is 17.2. The van der Waals surface area contributed by atoms with Gasteiger partial charge in [0.05, 0.1) is 0 Å². The van der Waals surface area contributed by atoms with E-state index in [1.807, 2.05) is 17.0 Å². The van der Waals surface area contributed by atoms with Crippen LogP contribution in [-0.2, 0) is 11.2 Å². The van der Waals surface area contributed by atoms with Gasteiger partial charge in [0, 0.05) is 44.3 Å². The lowest BCUT2D eigenvalue weighted by Crippen LogP contribution is -2.54. The summed E-state index contributed by atoms with van der Waals surface area (Å²) in [5, 5.41) is 3.37. The lowest BCUT2D eigenvalue weighted by atomic mass is 10.1. The number of carbonyl (C=O) groups is 1. The van der Waals surface area contributed by atoms with Crippen molar-refractivity contribution in [1.82, 2.24) is 9.80 Å². The van der Waals surface area contributed by atoms with Crippen molar-refractivity contribution >= 4 is 11.6 Å². The number of fused-ring (bicyclic) bond motifs is 1. The zero-order valence-corrected chi connectivity index (χ0v) is 13.0. The Bertz CT molecular complexity index is 484. The van der Waals surface area contributed by atoms with Gasteiger partial charge in [0.25, 0.3) is 0 Å². The van der Waals surface area contributed by atoms with E-state index in [0.717, 1.165) is 38.3 Å². The fourth-order valence-electron chi connectivity index (χ4n) is 3.31. The fraction of sp³-hybridized carbons (Fsp3) is 0.588.